The maximum absolute atomic E-state index is 5.93. The molecule has 4 heteroatoms. The number of allylic oxidation sites excluding steroid dienone is 3. The number of rotatable bonds is 4. The first-order valence-corrected chi connectivity index (χ1v) is 7.19. The summed E-state index contributed by atoms with van der Waals surface area (Å²) in [5.74, 6) is 1.07. The zero-order chi connectivity index (χ0) is 12.9. The highest BCUT2D eigenvalue weighted by Crippen LogP contribution is 2.22. The Kier molecular flexibility index (Phi) is 4.20. The van der Waals surface area contributed by atoms with E-state index in [0.29, 0.717) is 0 Å². The molecule has 0 bridgehead atoms. The number of hydrogen-bond donors (Lipinski definition) is 1. The van der Waals surface area contributed by atoms with E-state index in [0.717, 1.165) is 64.6 Å². The summed E-state index contributed by atoms with van der Waals surface area (Å²) in [6, 6.07) is 0. The zero-order valence-corrected chi connectivity index (χ0v) is 11.4. The Hall–Kier alpha value is -1.26. The predicted molar refractivity (Wildman–Crippen MR) is 74.7 cm³/mol. The van der Waals surface area contributed by atoms with E-state index in [1.807, 2.05) is 0 Å². The third-order valence-corrected chi connectivity index (χ3v) is 3.80. The lowest BCUT2D eigenvalue weighted by atomic mass is 10.2. The fourth-order valence-electron chi connectivity index (χ4n) is 2.67. The van der Waals surface area contributed by atoms with Crippen LogP contribution in [-0.2, 0) is 9.47 Å². The van der Waals surface area contributed by atoms with E-state index in [9.17, 15) is 0 Å². The summed E-state index contributed by atoms with van der Waals surface area (Å²) in [7, 11) is 0. The van der Waals surface area contributed by atoms with Crippen LogP contribution < -0.4 is 5.32 Å². The molecule has 0 amide bonds. The van der Waals surface area contributed by atoms with Gasteiger partial charge < -0.3 is 14.8 Å². The molecule has 3 rings (SSSR count). The average molecular weight is 262 g/mol. The van der Waals surface area contributed by atoms with Gasteiger partial charge in [0.05, 0.1) is 13.2 Å². The van der Waals surface area contributed by atoms with Crippen molar-refractivity contribution in [3.8, 4) is 0 Å². The summed E-state index contributed by atoms with van der Waals surface area (Å²) in [6.07, 6.45) is 8.63. The van der Waals surface area contributed by atoms with Crippen LogP contribution in [0.2, 0.25) is 0 Å². The highest BCUT2D eigenvalue weighted by atomic mass is 16.5. The molecule has 2 aliphatic heterocycles. The summed E-state index contributed by atoms with van der Waals surface area (Å²) in [5.41, 5.74) is 2.65. The van der Waals surface area contributed by atoms with E-state index in [1.165, 1.54) is 11.3 Å². The van der Waals surface area contributed by atoms with Crippen molar-refractivity contribution >= 4 is 0 Å². The van der Waals surface area contributed by atoms with Crippen LogP contribution in [0, 0.1) is 0 Å². The van der Waals surface area contributed by atoms with Gasteiger partial charge in [-0.25, -0.2) is 0 Å². The summed E-state index contributed by atoms with van der Waals surface area (Å²) in [6.45, 7) is 6.56. The zero-order valence-electron chi connectivity index (χ0n) is 11.4. The molecule has 4 nitrogen and oxygen atoms in total. The summed E-state index contributed by atoms with van der Waals surface area (Å²) < 4.78 is 11.3. The minimum atomic E-state index is 0.766. The maximum atomic E-state index is 5.93. The van der Waals surface area contributed by atoms with Gasteiger partial charge in [-0.05, 0) is 18.1 Å². The quantitative estimate of drug-likeness (QED) is 0.831. The van der Waals surface area contributed by atoms with E-state index < -0.39 is 0 Å². The first kappa shape index (κ1) is 12.8. The monoisotopic (exact) mass is 262 g/mol. The SMILES string of the molecule is C1=CC2=C(C=C(OCCN3CCOCC3)C1)NCC2. The van der Waals surface area contributed by atoms with E-state index in [-0.39, 0.29) is 0 Å². The van der Waals surface area contributed by atoms with Crippen molar-refractivity contribution in [3.63, 3.8) is 0 Å². The third-order valence-electron chi connectivity index (χ3n) is 3.80. The van der Waals surface area contributed by atoms with Crippen LogP contribution in [0.1, 0.15) is 12.8 Å². The van der Waals surface area contributed by atoms with Gasteiger partial charge in [0, 0.05) is 38.3 Å². The van der Waals surface area contributed by atoms with Crippen LogP contribution in [0.25, 0.3) is 0 Å². The summed E-state index contributed by atoms with van der Waals surface area (Å²) >= 11 is 0. The van der Waals surface area contributed by atoms with Crippen molar-refractivity contribution in [1.29, 1.82) is 0 Å². The van der Waals surface area contributed by atoms with Crippen LogP contribution in [0.5, 0.6) is 0 Å². The Balaban J connectivity index is 1.48. The molecule has 0 aromatic carbocycles. The van der Waals surface area contributed by atoms with Crippen molar-refractivity contribution in [2.45, 2.75) is 12.8 Å². The normalized spacial score (nSPS) is 23.7. The molecule has 2 heterocycles. The van der Waals surface area contributed by atoms with Crippen LogP contribution in [-0.4, -0.2) is 50.9 Å². The molecular weight excluding hydrogens is 240 g/mol. The largest absolute Gasteiger partial charge is 0.496 e. The lowest BCUT2D eigenvalue weighted by molar-refractivity contribution is 0.0273. The van der Waals surface area contributed by atoms with E-state index >= 15 is 0 Å². The smallest absolute Gasteiger partial charge is 0.102 e. The van der Waals surface area contributed by atoms with Gasteiger partial charge in [0.25, 0.3) is 0 Å². The minimum Gasteiger partial charge on any atom is -0.496 e. The van der Waals surface area contributed by atoms with Gasteiger partial charge in [-0.3, -0.25) is 4.90 Å². The number of nitrogens with zero attached hydrogens (tertiary/aromatic N) is 1. The minimum absolute atomic E-state index is 0.766. The molecule has 104 valence electrons. The molecule has 1 fully saturated rings. The molecule has 0 aromatic heterocycles. The molecule has 3 aliphatic rings. The standard InChI is InChI=1S/C15H22N2O2/c1-2-13-4-5-16-15(13)12-14(3-1)19-11-8-17-6-9-18-10-7-17/h1-2,12,16H,3-11H2. The van der Waals surface area contributed by atoms with Gasteiger partial charge in [-0.2, -0.15) is 0 Å². The molecule has 1 N–H and O–H groups in total. The fraction of sp³-hybridized carbons (Fsp3) is 0.600. The molecule has 1 saturated heterocycles. The van der Waals surface area contributed by atoms with E-state index in [4.69, 9.17) is 9.47 Å². The molecular formula is C15H22N2O2. The molecule has 0 spiro atoms. The van der Waals surface area contributed by atoms with Crippen LogP contribution >= 0.6 is 0 Å². The van der Waals surface area contributed by atoms with E-state index in [2.05, 4.69) is 28.4 Å². The molecule has 0 unspecified atom stereocenters. The Morgan fingerprint density at radius 3 is 3.11 bits per heavy atom. The first-order chi connectivity index (χ1) is 9.42. The number of morpholine rings is 1. The van der Waals surface area contributed by atoms with Crippen molar-refractivity contribution < 1.29 is 9.47 Å². The Labute approximate surface area is 114 Å². The van der Waals surface area contributed by atoms with Gasteiger partial charge in [-0.1, -0.05) is 12.2 Å². The Morgan fingerprint density at radius 2 is 2.21 bits per heavy atom. The van der Waals surface area contributed by atoms with Crippen molar-refractivity contribution in [3.05, 3.63) is 35.3 Å². The number of nitrogens with one attached hydrogen (secondary N) is 1. The predicted octanol–water partition coefficient (Wildman–Crippen LogP) is 1.43. The number of hydrogen-bond acceptors (Lipinski definition) is 4. The van der Waals surface area contributed by atoms with Gasteiger partial charge in [0.1, 0.15) is 12.4 Å². The van der Waals surface area contributed by atoms with Crippen molar-refractivity contribution in [2.24, 2.45) is 0 Å². The van der Waals surface area contributed by atoms with Gasteiger partial charge in [0.15, 0.2) is 0 Å². The lowest BCUT2D eigenvalue weighted by Crippen LogP contribution is -2.38. The lowest BCUT2D eigenvalue weighted by Gasteiger charge is -2.26. The van der Waals surface area contributed by atoms with Gasteiger partial charge in [-0.15, -0.1) is 0 Å². The maximum Gasteiger partial charge on any atom is 0.102 e. The molecule has 1 aliphatic carbocycles. The second-order valence-electron chi connectivity index (χ2n) is 5.14. The second-order valence-corrected chi connectivity index (χ2v) is 5.14. The summed E-state index contributed by atoms with van der Waals surface area (Å²) in [4.78, 5) is 2.40. The van der Waals surface area contributed by atoms with Crippen LogP contribution in [0.4, 0.5) is 0 Å². The second kappa shape index (κ2) is 6.26. The average Bonchev–Trinajstić information content (AvgIpc) is 2.79. The summed E-state index contributed by atoms with van der Waals surface area (Å²) in [5, 5.41) is 3.41. The topological polar surface area (TPSA) is 33.7 Å². The highest BCUT2D eigenvalue weighted by Gasteiger charge is 2.14. The van der Waals surface area contributed by atoms with Crippen LogP contribution in [0.3, 0.4) is 0 Å². The van der Waals surface area contributed by atoms with Gasteiger partial charge >= 0.3 is 0 Å². The third kappa shape index (κ3) is 3.39. The molecule has 0 aromatic rings. The van der Waals surface area contributed by atoms with Crippen molar-refractivity contribution in [2.75, 3.05) is 46.0 Å². The Morgan fingerprint density at radius 1 is 1.32 bits per heavy atom. The highest BCUT2D eigenvalue weighted by molar-refractivity contribution is 5.39. The molecule has 0 radical (unpaired) electrons. The Bertz CT molecular complexity index is 406. The first-order valence-electron chi connectivity index (χ1n) is 7.19. The molecule has 19 heavy (non-hydrogen) atoms. The molecule has 0 saturated carbocycles. The van der Waals surface area contributed by atoms with Gasteiger partial charge in [0.2, 0.25) is 0 Å². The van der Waals surface area contributed by atoms with Crippen LogP contribution in [0.15, 0.2) is 35.3 Å². The van der Waals surface area contributed by atoms with Crippen molar-refractivity contribution in [1.82, 2.24) is 10.2 Å². The number of ether oxygens (including phenoxy) is 2. The van der Waals surface area contributed by atoms with E-state index in [1.54, 1.807) is 0 Å². The fourth-order valence-corrected chi connectivity index (χ4v) is 2.67. The molecule has 0 atom stereocenters.